The zero-order valence-corrected chi connectivity index (χ0v) is 11.2. The van der Waals surface area contributed by atoms with E-state index in [-0.39, 0.29) is 24.9 Å². The molecule has 0 aliphatic heterocycles. The molecule has 1 aromatic rings. The second-order valence-corrected chi connectivity index (χ2v) is 4.35. The Hall–Kier alpha value is -1.69. The molecule has 1 rings (SSSR count). The van der Waals surface area contributed by atoms with Gasteiger partial charge in [0.2, 0.25) is 0 Å². The summed E-state index contributed by atoms with van der Waals surface area (Å²) in [6.07, 6.45) is 3.43. The van der Waals surface area contributed by atoms with Gasteiger partial charge in [-0.05, 0) is 25.0 Å². The Morgan fingerprint density at radius 1 is 1.20 bits per heavy atom. The molecule has 0 radical (unpaired) electrons. The van der Waals surface area contributed by atoms with Crippen LogP contribution in [-0.4, -0.2) is 30.8 Å². The summed E-state index contributed by atoms with van der Waals surface area (Å²) in [5.74, 6) is -2.02. The van der Waals surface area contributed by atoms with Gasteiger partial charge in [-0.15, -0.1) is 0 Å². The number of carbonyl (C=O) groups is 1. The van der Waals surface area contributed by atoms with E-state index in [1.54, 1.807) is 0 Å². The smallest absolute Gasteiger partial charge is 0.257 e. The maximum atomic E-state index is 13.2. The molecule has 112 valence electrons. The average molecular weight is 287 g/mol. The van der Waals surface area contributed by atoms with Gasteiger partial charge in [0.1, 0.15) is 5.82 Å². The van der Waals surface area contributed by atoms with Crippen molar-refractivity contribution < 1.29 is 23.4 Å². The fraction of sp³-hybridized carbons (Fsp3) is 0.500. The quantitative estimate of drug-likeness (QED) is 0.683. The maximum absolute atomic E-state index is 13.2. The van der Waals surface area contributed by atoms with Gasteiger partial charge in [-0.2, -0.15) is 0 Å². The summed E-state index contributed by atoms with van der Waals surface area (Å²) in [5.41, 5.74) is 0. The molecule has 0 saturated carbocycles. The zero-order chi connectivity index (χ0) is 14.8. The molecule has 0 heterocycles. The zero-order valence-electron chi connectivity index (χ0n) is 11.2. The number of rotatable bonds is 9. The fourth-order valence-electron chi connectivity index (χ4n) is 1.60. The summed E-state index contributed by atoms with van der Waals surface area (Å²) in [6, 6.07) is 2.92. The van der Waals surface area contributed by atoms with Crippen molar-refractivity contribution >= 4 is 5.91 Å². The van der Waals surface area contributed by atoms with Crippen molar-refractivity contribution in [3.8, 4) is 5.75 Å². The number of benzene rings is 1. The Balaban J connectivity index is 2.16. The summed E-state index contributed by atoms with van der Waals surface area (Å²) in [7, 11) is 0. The average Bonchev–Trinajstić information content (AvgIpc) is 2.41. The van der Waals surface area contributed by atoms with E-state index in [1.807, 2.05) is 0 Å². The molecule has 6 heteroatoms. The lowest BCUT2D eigenvalue weighted by Gasteiger charge is -2.08. The minimum atomic E-state index is -0.832. The number of carbonyl (C=O) groups excluding carboxylic acids is 1. The first kappa shape index (κ1) is 16.4. The number of nitrogens with one attached hydrogen (secondary N) is 1. The molecule has 2 N–H and O–H groups in total. The molecular weight excluding hydrogens is 268 g/mol. The van der Waals surface area contributed by atoms with Crippen LogP contribution in [0, 0.1) is 11.6 Å². The molecule has 0 atom stereocenters. The van der Waals surface area contributed by atoms with Crippen molar-refractivity contribution in [2.24, 2.45) is 0 Å². The van der Waals surface area contributed by atoms with Gasteiger partial charge in [-0.3, -0.25) is 4.79 Å². The van der Waals surface area contributed by atoms with Gasteiger partial charge < -0.3 is 15.2 Å². The topological polar surface area (TPSA) is 58.6 Å². The standard InChI is InChI=1S/C14H19F2NO3/c15-11-5-6-13(12(16)9-11)20-10-14(19)17-7-3-1-2-4-8-18/h5-6,9,18H,1-4,7-8,10H2,(H,17,19). The molecule has 0 aliphatic rings. The van der Waals surface area contributed by atoms with Crippen molar-refractivity contribution in [2.75, 3.05) is 19.8 Å². The number of ether oxygens (including phenoxy) is 1. The van der Waals surface area contributed by atoms with E-state index >= 15 is 0 Å². The minimum Gasteiger partial charge on any atom is -0.481 e. The predicted octanol–water partition coefficient (Wildman–Crippen LogP) is 2.01. The van der Waals surface area contributed by atoms with Crippen LogP contribution in [0.15, 0.2) is 18.2 Å². The third-order valence-electron chi connectivity index (χ3n) is 2.66. The van der Waals surface area contributed by atoms with E-state index < -0.39 is 11.6 Å². The first-order valence-corrected chi connectivity index (χ1v) is 6.59. The third kappa shape index (κ3) is 6.47. The Bertz CT molecular complexity index is 427. The Morgan fingerprint density at radius 2 is 1.95 bits per heavy atom. The van der Waals surface area contributed by atoms with Crippen LogP contribution >= 0.6 is 0 Å². The van der Waals surface area contributed by atoms with Gasteiger partial charge in [-0.1, -0.05) is 12.8 Å². The van der Waals surface area contributed by atoms with E-state index in [9.17, 15) is 13.6 Å². The molecule has 20 heavy (non-hydrogen) atoms. The second kappa shape index (κ2) is 9.25. The number of aliphatic hydroxyl groups is 1. The largest absolute Gasteiger partial charge is 0.481 e. The van der Waals surface area contributed by atoms with E-state index in [1.165, 1.54) is 0 Å². The molecule has 0 fully saturated rings. The summed E-state index contributed by atoms with van der Waals surface area (Å²) < 4.78 is 30.8. The van der Waals surface area contributed by atoms with Crippen LogP contribution in [0.1, 0.15) is 25.7 Å². The molecule has 0 spiro atoms. The van der Waals surface area contributed by atoms with Crippen molar-refractivity contribution in [2.45, 2.75) is 25.7 Å². The third-order valence-corrected chi connectivity index (χ3v) is 2.66. The Morgan fingerprint density at radius 3 is 2.65 bits per heavy atom. The molecule has 1 aromatic carbocycles. The lowest BCUT2D eigenvalue weighted by molar-refractivity contribution is -0.123. The summed E-state index contributed by atoms with van der Waals surface area (Å²) in [6.45, 7) is 0.391. The van der Waals surface area contributed by atoms with Gasteiger partial charge >= 0.3 is 0 Å². The molecule has 0 aliphatic carbocycles. The first-order valence-electron chi connectivity index (χ1n) is 6.59. The van der Waals surface area contributed by atoms with E-state index in [0.717, 1.165) is 37.8 Å². The molecule has 0 aromatic heterocycles. The molecule has 0 bridgehead atoms. The van der Waals surface area contributed by atoms with Gasteiger partial charge in [0.15, 0.2) is 18.2 Å². The van der Waals surface area contributed by atoms with E-state index in [2.05, 4.69) is 5.32 Å². The number of hydrogen-bond acceptors (Lipinski definition) is 3. The van der Waals surface area contributed by atoms with Gasteiger partial charge in [0.05, 0.1) is 0 Å². The lowest BCUT2D eigenvalue weighted by atomic mass is 10.2. The molecular formula is C14H19F2NO3. The summed E-state index contributed by atoms with van der Waals surface area (Å²) in [4.78, 5) is 11.4. The van der Waals surface area contributed by atoms with Crippen LogP contribution in [0.3, 0.4) is 0 Å². The maximum Gasteiger partial charge on any atom is 0.257 e. The highest BCUT2D eigenvalue weighted by atomic mass is 19.1. The summed E-state index contributed by atoms with van der Waals surface area (Å²) in [5, 5.41) is 11.2. The van der Waals surface area contributed by atoms with Crippen molar-refractivity contribution in [1.29, 1.82) is 0 Å². The van der Waals surface area contributed by atoms with Crippen molar-refractivity contribution in [1.82, 2.24) is 5.32 Å². The van der Waals surface area contributed by atoms with Crippen molar-refractivity contribution in [3.05, 3.63) is 29.8 Å². The molecule has 4 nitrogen and oxygen atoms in total. The number of unbranched alkanes of at least 4 members (excludes halogenated alkanes) is 3. The summed E-state index contributed by atoms with van der Waals surface area (Å²) >= 11 is 0. The molecule has 1 amide bonds. The fourth-order valence-corrected chi connectivity index (χ4v) is 1.60. The molecule has 0 saturated heterocycles. The SMILES string of the molecule is O=C(COc1ccc(F)cc1F)NCCCCCCO. The Labute approximate surface area is 116 Å². The van der Waals surface area contributed by atoms with Crippen LogP contribution in [0.5, 0.6) is 5.75 Å². The van der Waals surface area contributed by atoms with E-state index in [4.69, 9.17) is 9.84 Å². The number of amides is 1. The highest BCUT2D eigenvalue weighted by molar-refractivity contribution is 5.77. The number of hydrogen-bond donors (Lipinski definition) is 2. The van der Waals surface area contributed by atoms with Crippen LogP contribution in [-0.2, 0) is 4.79 Å². The number of aliphatic hydroxyl groups excluding tert-OH is 1. The van der Waals surface area contributed by atoms with Gasteiger partial charge in [0.25, 0.3) is 5.91 Å². The van der Waals surface area contributed by atoms with Crippen LogP contribution in [0.25, 0.3) is 0 Å². The monoisotopic (exact) mass is 287 g/mol. The van der Waals surface area contributed by atoms with Crippen molar-refractivity contribution in [3.63, 3.8) is 0 Å². The normalized spacial score (nSPS) is 10.3. The van der Waals surface area contributed by atoms with Crippen LogP contribution in [0.4, 0.5) is 8.78 Å². The van der Waals surface area contributed by atoms with Crippen LogP contribution in [0.2, 0.25) is 0 Å². The minimum absolute atomic E-state index is 0.149. The van der Waals surface area contributed by atoms with Gasteiger partial charge in [0, 0.05) is 19.2 Å². The van der Waals surface area contributed by atoms with E-state index in [0.29, 0.717) is 12.6 Å². The Kier molecular flexibility index (Phi) is 7.57. The lowest BCUT2D eigenvalue weighted by Crippen LogP contribution is -2.29. The first-order chi connectivity index (χ1) is 9.63. The van der Waals surface area contributed by atoms with Gasteiger partial charge in [-0.25, -0.2) is 8.78 Å². The van der Waals surface area contributed by atoms with Crippen LogP contribution < -0.4 is 10.1 Å². The number of halogens is 2. The predicted molar refractivity (Wildman–Crippen MR) is 70.4 cm³/mol. The second-order valence-electron chi connectivity index (χ2n) is 4.35. The highest BCUT2D eigenvalue weighted by Gasteiger charge is 2.07. The molecule has 0 unspecified atom stereocenters. The highest BCUT2D eigenvalue weighted by Crippen LogP contribution is 2.17.